The van der Waals surface area contributed by atoms with Crippen LogP contribution in [0, 0.1) is 41.3 Å². The number of aliphatic hydroxyl groups is 5. The molecule has 0 radical (unpaired) electrons. The van der Waals surface area contributed by atoms with E-state index in [9.17, 15) is 39.9 Å². The van der Waals surface area contributed by atoms with Crippen LogP contribution in [0.1, 0.15) is 101 Å². The van der Waals surface area contributed by atoms with E-state index in [0.29, 0.717) is 63.6 Å². The Morgan fingerprint density at radius 2 is 1.64 bits per heavy atom. The third-order valence-electron chi connectivity index (χ3n) is 18.2. The first-order valence-electron chi connectivity index (χ1n) is 28.1. The SMILES string of the molecule is CC[C@H]1OC(=O)C(C)[C@@H](C2C[C@@](C)(OC)[C@@H](O)[C@H](C)O2)[C@H](C)[C@@H](OC2O[C@H](C)CC(N(C)CC3CC3C(=O)NC[C@H]3CN(c4ccc(N5CCOCC5)c(F)c4)C(=O)O3)[C@H]2O)[C@](C)(O)C[C@@H](C)CN(C)[C@H](C)[C@@H](O)[C@]1(C)O. The number of halogens is 1. The van der Waals surface area contributed by atoms with Gasteiger partial charge in [0.2, 0.25) is 5.91 Å². The minimum atomic E-state index is -1.84. The molecule has 438 valence electrons. The highest BCUT2D eigenvalue weighted by atomic mass is 19.1. The Balaban J connectivity index is 1.06. The third-order valence-corrected chi connectivity index (χ3v) is 18.2. The van der Waals surface area contributed by atoms with Gasteiger partial charge in [0, 0.05) is 63.6 Å². The predicted molar refractivity (Wildman–Crippen MR) is 283 cm³/mol. The Morgan fingerprint density at radius 3 is 2.29 bits per heavy atom. The fraction of sp³-hybridized carbons (Fsp3) is 0.839. The van der Waals surface area contributed by atoms with Crippen molar-refractivity contribution in [2.45, 2.75) is 191 Å². The van der Waals surface area contributed by atoms with Crippen LogP contribution in [0.2, 0.25) is 0 Å². The van der Waals surface area contributed by atoms with Crippen LogP contribution in [0.25, 0.3) is 0 Å². The van der Waals surface area contributed by atoms with Crippen LogP contribution in [0.15, 0.2) is 18.2 Å². The van der Waals surface area contributed by atoms with E-state index < -0.39 is 126 Å². The van der Waals surface area contributed by atoms with Gasteiger partial charge in [0.15, 0.2) is 6.29 Å². The van der Waals surface area contributed by atoms with E-state index in [1.807, 2.05) is 49.6 Å². The largest absolute Gasteiger partial charge is 0.459 e. The number of nitrogens with zero attached hydrogens (tertiary/aromatic N) is 4. The standard InChI is InChI=1S/C56H92FN5O15/c1-14-44-56(10,70)47(64)34(6)59(11)27-30(2)24-54(8,69)49(32(4)45(33(5)51(67)76-44)43-25-55(9,71-13)48(65)35(7)74-43)77-52-46(63)42(21-31(3)73-52)60(12)28-36-22-39(36)50(66)58-26-38-29-62(53(68)75-38)37-15-16-41(40(57)23-37)61-17-19-72-20-18-61/h15-16,23,30-36,38-39,42-49,52,63-65,69-70H,14,17-22,24-29H2,1-13H3,(H,58,66)/t30-,31-,32+,33?,34-,35+,36?,38+,39?,42?,43?,44-,45+,46-,47-,48+,49-,52?,54-,55-,56-/m1/s1. The molecule has 0 spiro atoms. The van der Waals surface area contributed by atoms with Gasteiger partial charge in [-0.15, -0.1) is 0 Å². The summed E-state index contributed by atoms with van der Waals surface area (Å²) in [5.41, 5.74) is -3.74. The van der Waals surface area contributed by atoms with E-state index >= 15 is 4.39 Å². The molecule has 6 N–H and O–H groups in total. The molecule has 7 rings (SSSR count). The van der Waals surface area contributed by atoms with E-state index in [0.717, 1.165) is 0 Å². The van der Waals surface area contributed by atoms with Crippen LogP contribution in [0.4, 0.5) is 20.6 Å². The molecule has 1 aliphatic carbocycles. The van der Waals surface area contributed by atoms with Gasteiger partial charge in [-0.2, -0.15) is 0 Å². The number of likely N-dealkylation sites (N-methyl/N-ethyl adjacent to an activating group) is 2. The molecule has 1 saturated carbocycles. The quantitative estimate of drug-likeness (QED) is 0.155. The zero-order valence-electron chi connectivity index (χ0n) is 47.8. The molecule has 1 aromatic carbocycles. The second-order valence-corrected chi connectivity index (χ2v) is 24.4. The van der Waals surface area contributed by atoms with Crippen molar-refractivity contribution in [3.63, 3.8) is 0 Å². The number of nitrogens with one attached hydrogen (secondary N) is 1. The summed E-state index contributed by atoms with van der Waals surface area (Å²) in [5, 5.41) is 63.2. The third kappa shape index (κ3) is 13.6. The zero-order valence-corrected chi connectivity index (χ0v) is 47.8. The van der Waals surface area contributed by atoms with Crippen molar-refractivity contribution in [3.8, 4) is 0 Å². The van der Waals surface area contributed by atoms with Gasteiger partial charge in [-0.1, -0.05) is 27.7 Å². The fourth-order valence-electron chi connectivity index (χ4n) is 13.4. The van der Waals surface area contributed by atoms with Crippen molar-refractivity contribution in [2.24, 2.45) is 35.5 Å². The summed E-state index contributed by atoms with van der Waals surface area (Å²) in [6.45, 7) is 21.0. The Morgan fingerprint density at radius 1 is 0.948 bits per heavy atom. The van der Waals surface area contributed by atoms with Gasteiger partial charge in [-0.05, 0) is 117 Å². The highest BCUT2D eigenvalue weighted by Crippen LogP contribution is 2.46. The molecule has 6 fully saturated rings. The van der Waals surface area contributed by atoms with Crippen LogP contribution in [0.3, 0.4) is 0 Å². The molecular weight excluding hydrogens is 1000 g/mol. The lowest BCUT2D eigenvalue weighted by atomic mass is 9.68. The summed E-state index contributed by atoms with van der Waals surface area (Å²) in [4.78, 5) is 48.3. The highest BCUT2D eigenvalue weighted by Gasteiger charge is 2.56. The number of rotatable bonds is 13. The van der Waals surface area contributed by atoms with E-state index in [1.54, 1.807) is 53.7 Å². The lowest BCUT2D eigenvalue weighted by Gasteiger charge is -2.51. The van der Waals surface area contributed by atoms with E-state index in [-0.39, 0.29) is 56.0 Å². The molecule has 0 aromatic heterocycles. The maximum absolute atomic E-state index is 15.2. The normalized spacial score (nSPS) is 43.1. The van der Waals surface area contributed by atoms with Crippen molar-refractivity contribution in [1.82, 2.24) is 15.1 Å². The summed E-state index contributed by atoms with van der Waals surface area (Å²) in [6.07, 6.45) is -8.50. The van der Waals surface area contributed by atoms with Crippen molar-refractivity contribution >= 4 is 29.3 Å². The van der Waals surface area contributed by atoms with Crippen LogP contribution in [-0.2, 0) is 42.7 Å². The first kappa shape index (κ1) is 61.3. The average molecular weight is 1090 g/mol. The molecule has 21 heteroatoms. The second-order valence-electron chi connectivity index (χ2n) is 24.4. The zero-order chi connectivity index (χ0) is 56.6. The Hall–Kier alpha value is -3.32. The van der Waals surface area contributed by atoms with Crippen LogP contribution in [0.5, 0.6) is 0 Å². The number of esters is 1. The number of benzene rings is 1. The van der Waals surface area contributed by atoms with E-state index in [1.165, 1.54) is 25.0 Å². The summed E-state index contributed by atoms with van der Waals surface area (Å²) in [5.74, 6) is -4.26. The van der Waals surface area contributed by atoms with Gasteiger partial charge in [-0.25, -0.2) is 9.18 Å². The van der Waals surface area contributed by atoms with Gasteiger partial charge in [0.25, 0.3) is 0 Å². The first-order chi connectivity index (χ1) is 36.1. The van der Waals surface area contributed by atoms with E-state index in [4.69, 9.17) is 33.2 Å². The van der Waals surface area contributed by atoms with Crippen molar-refractivity contribution < 1.29 is 77.5 Å². The maximum atomic E-state index is 15.2. The lowest BCUT2D eigenvalue weighted by molar-refractivity contribution is -0.303. The molecule has 0 bridgehead atoms. The Kier molecular flexibility index (Phi) is 19.8. The van der Waals surface area contributed by atoms with E-state index in [2.05, 4.69) is 5.32 Å². The minimum Gasteiger partial charge on any atom is -0.459 e. The summed E-state index contributed by atoms with van der Waals surface area (Å²) in [7, 11) is 5.24. The van der Waals surface area contributed by atoms with Gasteiger partial charge in [-0.3, -0.25) is 14.5 Å². The molecule has 77 heavy (non-hydrogen) atoms. The predicted octanol–water partition coefficient (Wildman–Crippen LogP) is 3.30. The van der Waals surface area contributed by atoms with Gasteiger partial charge in [0.1, 0.15) is 41.9 Å². The van der Waals surface area contributed by atoms with Crippen LogP contribution >= 0.6 is 0 Å². The molecule has 20 nitrogen and oxygen atoms in total. The number of hydrogen-bond acceptors (Lipinski definition) is 18. The lowest BCUT2D eigenvalue weighted by Crippen LogP contribution is -2.62. The number of amides is 2. The molecular formula is C56H92FN5O15. The summed E-state index contributed by atoms with van der Waals surface area (Å²) >= 11 is 0. The molecule has 5 heterocycles. The van der Waals surface area contributed by atoms with Crippen LogP contribution in [-0.4, -0.2) is 217 Å². The fourth-order valence-corrected chi connectivity index (χ4v) is 13.4. The number of anilines is 2. The highest BCUT2D eigenvalue weighted by molar-refractivity contribution is 5.90. The number of ether oxygens (including phenoxy) is 7. The molecule has 21 atom stereocenters. The number of cyclic esters (lactones) is 2. The summed E-state index contributed by atoms with van der Waals surface area (Å²) in [6, 6.07) is 3.61. The van der Waals surface area contributed by atoms with Gasteiger partial charge in [0.05, 0.1) is 79.2 Å². The Labute approximate surface area is 455 Å². The number of hydrogen-bond donors (Lipinski definition) is 6. The van der Waals surface area contributed by atoms with Gasteiger partial charge < -0.3 is 78.7 Å². The second kappa shape index (κ2) is 24.8. The average Bonchev–Trinajstić information content (AvgIpc) is 4.05. The summed E-state index contributed by atoms with van der Waals surface area (Å²) < 4.78 is 58.4. The number of carbonyl (C=O) groups excluding carboxylic acids is 3. The number of aliphatic hydroxyl groups excluding tert-OH is 3. The van der Waals surface area contributed by atoms with Crippen molar-refractivity contribution in [2.75, 3.05) is 83.5 Å². The molecule has 5 aliphatic heterocycles. The minimum absolute atomic E-state index is 0.0273. The maximum Gasteiger partial charge on any atom is 0.414 e. The van der Waals surface area contributed by atoms with Crippen molar-refractivity contribution in [1.29, 1.82) is 0 Å². The van der Waals surface area contributed by atoms with Gasteiger partial charge >= 0.3 is 12.1 Å². The first-order valence-corrected chi connectivity index (χ1v) is 28.1. The topological polar surface area (TPSA) is 242 Å². The number of methoxy groups -OCH3 is 1. The smallest absolute Gasteiger partial charge is 0.414 e. The number of carbonyl (C=O) groups is 3. The molecule has 5 saturated heterocycles. The van der Waals surface area contributed by atoms with Crippen molar-refractivity contribution in [3.05, 3.63) is 24.0 Å². The molecule has 6 unspecified atom stereocenters. The molecule has 2 amide bonds. The molecule has 6 aliphatic rings. The van der Waals surface area contributed by atoms with Crippen LogP contribution < -0.4 is 15.1 Å². The Bertz CT molecular complexity index is 2170. The molecule has 1 aromatic rings. The monoisotopic (exact) mass is 1090 g/mol. The number of morpholine rings is 1.